The molecule has 1 fully saturated rings. The molecule has 33 heavy (non-hydrogen) atoms. The minimum absolute atomic E-state index is 0.0528. The number of nitrogens with one attached hydrogen (secondary N) is 2. The van der Waals surface area contributed by atoms with Gasteiger partial charge in [0.1, 0.15) is 11.4 Å². The number of likely N-dealkylation sites (tertiary alicyclic amines) is 1. The molecule has 0 radical (unpaired) electrons. The maximum Gasteiger partial charge on any atom is 0.413 e. The third-order valence-corrected chi connectivity index (χ3v) is 4.81. The van der Waals surface area contributed by atoms with Crippen LogP contribution in [0, 0.1) is 0 Å². The second-order valence-electron chi connectivity index (χ2n) is 8.27. The molecule has 1 atom stereocenters. The Morgan fingerprint density at radius 1 is 1.24 bits per heavy atom. The van der Waals surface area contributed by atoms with E-state index in [-0.39, 0.29) is 16.8 Å². The Bertz CT molecular complexity index is 1210. The van der Waals surface area contributed by atoms with Gasteiger partial charge in [0.15, 0.2) is 22.7 Å². The maximum atomic E-state index is 12.3. The number of rotatable bonds is 5. The largest absolute Gasteiger partial charge is 0.469 e. The molecular formula is C20H23ClN8O4. The fourth-order valence-electron chi connectivity index (χ4n) is 3.03. The Labute approximate surface area is 194 Å². The SMILES string of the molecule is CNC(=O)c1nnc(Cl)cc1Nc1nc2ccc(OC3CCN3C(=O)OC(C)(C)C)cn2n1. The van der Waals surface area contributed by atoms with Gasteiger partial charge in [-0.1, -0.05) is 11.6 Å². The molecule has 12 nitrogen and oxygen atoms in total. The van der Waals surface area contributed by atoms with Crippen LogP contribution in [0.4, 0.5) is 16.4 Å². The number of aromatic nitrogens is 5. The number of carbonyl (C=O) groups is 2. The number of anilines is 2. The van der Waals surface area contributed by atoms with Gasteiger partial charge < -0.3 is 20.1 Å². The van der Waals surface area contributed by atoms with Crippen molar-refractivity contribution >= 4 is 40.9 Å². The van der Waals surface area contributed by atoms with Crippen molar-refractivity contribution in [1.29, 1.82) is 0 Å². The van der Waals surface area contributed by atoms with Crippen molar-refractivity contribution < 1.29 is 19.1 Å². The first-order valence-electron chi connectivity index (χ1n) is 10.2. The summed E-state index contributed by atoms with van der Waals surface area (Å²) in [5, 5.41) is 17.4. The number of ether oxygens (including phenoxy) is 2. The summed E-state index contributed by atoms with van der Waals surface area (Å²) < 4.78 is 12.9. The Hall–Kier alpha value is -3.67. The van der Waals surface area contributed by atoms with Crippen molar-refractivity contribution in [3.8, 4) is 5.75 Å². The lowest BCUT2D eigenvalue weighted by Gasteiger charge is -2.40. The van der Waals surface area contributed by atoms with Crippen molar-refractivity contribution in [3.63, 3.8) is 0 Å². The van der Waals surface area contributed by atoms with Gasteiger partial charge in [-0.25, -0.2) is 9.31 Å². The van der Waals surface area contributed by atoms with E-state index in [1.54, 1.807) is 18.3 Å². The monoisotopic (exact) mass is 474 g/mol. The molecule has 1 saturated heterocycles. The molecule has 174 valence electrons. The van der Waals surface area contributed by atoms with E-state index in [0.717, 1.165) is 0 Å². The van der Waals surface area contributed by atoms with Crippen molar-refractivity contribution in [1.82, 2.24) is 35.0 Å². The number of carbonyl (C=O) groups excluding carboxylic acids is 2. The number of fused-ring (bicyclic) bond motifs is 1. The van der Waals surface area contributed by atoms with E-state index in [9.17, 15) is 9.59 Å². The molecule has 2 amide bonds. The Morgan fingerprint density at radius 2 is 2.03 bits per heavy atom. The van der Waals surface area contributed by atoms with Crippen molar-refractivity contribution in [3.05, 3.63) is 35.2 Å². The summed E-state index contributed by atoms with van der Waals surface area (Å²) in [5.74, 6) is 0.299. The van der Waals surface area contributed by atoms with Gasteiger partial charge >= 0.3 is 6.09 Å². The molecule has 13 heteroatoms. The summed E-state index contributed by atoms with van der Waals surface area (Å²) in [4.78, 5) is 30.2. The number of hydrogen-bond acceptors (Lipinski definition) is 9. The van der Waals surface area contributed by atoms with Crippen LogP contribution in [-0.4, -0.2) is 67.1 Å². The van der Waals surface area contributed by atoms with E-state index in [2.05, 4.69) is 30.9 Å². The summed E-state index contributed by atoms with van der Waals surface area (Å²) in [6.45, 7) is 6.02. The lowest BCUT2D eigenvalue weighted by Crippen LogP contribution is -2.55. The van der Waals surface area contributed by atoms with Crippen LogP contribution < -0.4 is 15.4 Å². The zero-order valence-electron chi connectivity index (χ0n) is 18.5. The molecule has 1 aliphatic heterocycles. The molecule has 3 aromatic heterocycles. The van der Waals surface area contributed by atoms with Crippen LogP contribution in [0.2, 0.25) is 5.15 Å². The predicted octanol–water partition coefficient (Wildman–Crippen LogP) is 2.62. The average molecular weight is 475 g/mol. The number of nitrogens with zero attached hydrogens (tertiary/aromatic N) is 6. The van der Waals surface area contributed by atoms with Crippen LogP contribution in [0.1, 0.15) is 37.7 Å². The highest BCUT2D eigenvalue weighted by Gasteiger charge is 2.37. The van der Waals surface area contributed by atoms with E-state index >= 15 is 0 Å². The van der Waals surface area contributed by atoms with Gasteiger partial charge in [-0.15, -0.1) is 15.3 Å². The predicted molar refractivity (Wildman–Crippen MR) is 119 cm³/mol. The van der Waals surface area contributed by atoms with Crippen molar-refractivity contribution in [2.45, 2.75) is 39.0 Å². The Morgan fingerprint density at radius 3 is 2.70 bits per heavy atom. The van der Waals surface area contributed by atoms with Crippen LogP contribution in [0.3, 0.4) is 0 Å². The third-order valence-electron chi connectivity index (χ3n) is 4.62. The second-order valence-corrected chi connectivity index (χ2v) is 8.66. The standard InChI is InChI=1S/C20H23ClN8O4/c1-20(2,3)33-19(31)28-8-7-15(28)32-11-5-6-14-24-18(27-29(14)10-11)23-12-9-13(21)25-26-16(12)17(30)22-4/h5-6,9-10,15H,7-8H2,1-4H3,(H,22,30)(H,23,25,27). The maximum absolute atomic E-state index is 12.3. The second kappa shape index (κ2) is 8.70. The molecule has 0 aromatic carbocycles. The molecule has 0 bridgehead atoms. The van der Waals surface area contributed by atoms with Crippen LogP contribution in [0.25, 0.3) is 5.65 Å². The Kier molecular flexibility index (Phi) is 5.93. The van der Waals surface area contributed by atoms with Crippen LogP contribution in [0.5, 0.6) is 5.75 Å². The molecule has 1 unspecified atom stereocenters. The smallest absolute Gasteiger partial charge is 0.413 e. The third kappa shape index (κ3) is 5.06. The molecule has 4 rings (SSSR count). The van der Waals surface area contributed by atoms with Crippen molar-refractivity contribution in [2.75, 3.05) is 18.9 Å². The number of halogens is 1. The van der Waals surface area contributed by atoms with Gasteiger partial charge in [0.2, 0.25) is 5.95 Å². The molecule has 2 N–H and O–H groups in total. The normalized spacial score (nSPS) is 15.7. The zero-order chi connectivity index (χ0) is 23.8. The van der Waals surface area contributed by atoms with E-state index in [0.29, 0.717) is 30.0 Å². The van der Waals surface area contributed by atoms with Crippen LogP contribution in [-0.2, 0) is 4.74 Å². The summed E-state index contributed by atoms with van der Waals surface area (Å²) in [6, 6.07) is 4.92. The molecule has 3 aromatic rings. The number of hydrogen-bond donors (Lipinski definition) is 2. The molecule has 1 aliphatic rings. The van der Waals surface area contributed by atoms with Gasteiger partial charge in [-0.3, -0.25) is 9.69 Å². The summed E-state index contributed by atoms with van der Waals surface area (Å²) in [6.07, 6.45) is 1.51. The molecule has 0 aliphatic carbocycles. The van der Waals surface area contributed by atoms with E-state index < -0.39 is 23.8 Å². The van der Waals surface area contributed by atoms with E-state index in [1.807, 2.05) is 20.8 Å². The van der Waals surface area contributed by atoms with Gasteiger partial charge in [-0.2, -0.15) is 4.98 Å². The van der Waals surface area contributed by atoms with Gasteiger partial charge in [0.05, 0.1) is 11.9 Å². The van der Waals surface area contributed by atoms with Crippen LogP contribution >= 0.6 is 11.6 Å². The van der Waals surface area contributed by atoms with Crippen molar-refractivity contribution in [2.24, 2.45) is 0 Å². The highest BCUT2D eigenvalue weighted by Crippen LogP contribution is 2.26. The van der Waals surface area contributed by atoms with E-state index in [4.69, 9.17) is 21.1 Å². The van der Waals surface area contributed by atoms with Gasteiger partial charge in [0.25, 0.3) is 5.91 Å². The minimum atomic E-state index is -0.577. The lowest BCUT2D eigenvalue weighted by molar-refractivity contribution is -0.0662. The highest BCUT2D eigenvalue weighted by atomic mass is 35.5. The highest BCUT2D eigenvalue weighted by molar-refractivity contribution is 6.29. The van der Waals surface area contributed by atoms with Gasteiger partial charge in [0, 0.05) is 26.1 Å². The lowest BCUT2D eigenvalue weighted by atomic mass is 10.2. The average Bonchev–Trinajstić information content (AvgIpc) is 3.10. The first-order chi connectivity index (χ1) is 15.6. The van der Waals surface area contributed by atoms with Crippen LogP contribution in [0.15, 0.2) is 24.4 Å². The topological polar surface area (TPSA) is 136 Å². The number of amides is 2. The summed E-state index contributed by atoms with van der Waals surface area (Å²) in [5.41, 5.74) is 0.324. The zero-order valence-corrected chi connectivity index (χ0v) is 19.3. The minimum Gasteiger partial charge on any atom is -0.469 e. The summed E-state index contributed by atoms with van der Waals surface area (Å²) in [7, 11) is 1.49. The first kappa shape index (κ1) is 22.5. The quantitative estimate of drug-likeness (QED) is 0.571. The fraction of sp³-hybridized carbons (Fsp3) is 0.400. The first-order valence-corrected chi connectivity index (χ1v) is 10.6. The number of pyridine rings is 1. The summed E-state index contributed by atoms with van der Waals surface area (Å²) >= 11 is 5.92. The molecule has 0 saturated carbocycles. The fourth-order valence-corrected chi connectivity index (χ4v) is 3.18. The molecule has 0 spiro atoms. The Balaban J connectivity index is 1.49. The van der Waals surface area contributed by atoms with Gasteiger partial charge in [-0.05, 0) is 32.9 Å². The molecular weight excluding hydrogens is 452 g/mol. The van der Waals surface area contributed by atoms with E-state index in [1.165, 1.54) is 22.5 Å². The molecule has 4 heterocycles.